The van der Waals surface area contributed by atoms with Crippen LogP contribution < -0.4 is 9.46 Å². The van der Waals surface area contributed by atoms with Crippen molar-refractivity contribution in [2.45, 2.75) is 25.2 Å². The maximum absolute atomic E-state index is 11.9. The second kappa shape index (κ2) is 6.72. The molecule has 0 unspecified atom stereocenters. The van der Waals surface area contributed by atoms with E-state index < -0.39 is 10.0 Å². The molecule has 0 aliphatic carbocycles. The molecule has 102 valence electrons. The van der Waals surface area contributed by atoms with Gasteiger partial charge in [0.2, 0.25) is 10.0 Å². The molecule has 6 heteroatoms. The van der Waals surface area contributed by atoms with E-state index in [-0.39, 0.29) is 18.0 Å². The minimum Gasteiger partial charge on any atom is -0.494 e. The van der Waals surface area contributed by atoms with E-state index in [2.05, 4.69) is 4.72 Å². The van der Waals surface area contributed by atoms with Crippen molar-refractivity contribution in [3.63, 3.8) is 0 Å². The summed E-state index contributed by atoms with van der Waals surface area (Å²) in [6, 6.07) is 4.74. The van der Waals surface area contributed by atoms with Gasteiger partial charge in [-0.05, 0) is 44.0 Å². The van der Waals surface area contributed by atoms with Crippen LogP contribution in [-0.4, -0.2) is 33.3 Å². The molecule has 0 spiro atoms. The highest BCUT2D eigenvalue weighted by Crippen LogP contribution is 2.21. The van der Waals surface area contributed by atoms with Crippen molar-refractivity contribution >= 4 is 10.0 Å². The molecule has 18 heavy (non-hydrogen) atoms. The lowest BCUT2D eigenvalue weighted by Gasteiger charge is -2.10. The van der Waals surface area contributed by atoms with Crippen LogP contribution in [0.25, 0.3) is 0 Å². The second-order valence-corrected chi connectivity index (χ2v) is 5.60. The fraction of sp³-hybridized carbons (Fsp3) is 0.500. The molecule has 5 nitrogen and oxygen atoms in total. The molecule has 0 aliphatic rings. The Hall–Kier alpha value is -1.11. The van der Waals surface area contributed by atoms with Crippen LogP contribution >= 0.6 is 0 Å². The second-order valence-electron chi connectivity index (χ2n) is 3.84. The summed E-state index contributed by atoms with van der Waals surface area (Å²) in [5, 5.41) is 8.62. The van der Waals surface area contributed by atoms with Gasteiger partial charge in [-0.3, -0.25) is 0 Å². The summed E-state index contributed by atoms with van der Waals surface area (Å²) in [5.74, 6) is 0.687. The fourth-order valence-electron chi connectivity index (χ4n) is 1.48. The first-order valence-electron chi connectivity index (χ1n) is 5.85. The van der Waals surface area contributed by atoms with Gasteiger partial charge in [-0.25, -0.2) is 13.1 Å². The molecule has 0 saturated carbocycles. The van der Waals surface area contributed by atoms with E-state index in [1.165, 1.54) is 6.07 Å². The number of sulfonamides is 1. The van der Waals surface area contributed by atoms with Crippen molar-refractivity contribution < 1.29 is 18.3 Å². The molecule has 0 bridgehead atoms. The van der Waals surface area contributed by atoms with E-state index in [0.29, 0.717) is 18.8 Å². The molecule has 0 saturated heterocycles. The molecule has 2 N–H and O–H groups in total. The number of hydrogen-bond acceptors (Lipinski definition) is 4. The van der Waals surface area contributed by atoms with Crippen LogP contribution in [0.2, 0.25) is 0 Å². The van der Waals surface area contributed by atoms with Crippen LogP contribution in [0.1, 0.15) is 18.9 Å². The molecule has 0 atom stereocenters. The van der Waals surface area contributed by atoms with E-state index >= 15 is 0 Å². The lowest BCUT2D eigenvalue weighted by atomic mass is 10.2. The van der Waals surface area contributed by atoms with Crippen molar-refractivity contribution in [1.29, 1.82) is 0 Å². The Bertz CT molecular complexity index is 485. The Morgan fingerprint density at radius 2 is 2.11 bits per heavy atom. The topological polar surface area (TPSA) is 75.6 Å². The smallest absolute Gasteiger partial charge is 0.240 e. The van der Waals surface area contributed by atoms with E-state index in [1.807, 2.05) is 6.92 Å². The average Bonchev–Trinajstić information content (AvgIpc) is 2.32. The van der Waals surface area contributed by atoms with Crippen LogP contribution in [0.3, 0.4) is 0 Å². The first kappa shape index (κ1) is 14.9. The van der Waals surface area contributed by atoms with Crippen molar-refractivity contribution in [1.82, 2.24) is 4.72 Å². The molecule has 1 aromatic carbocycles. The molecular weight excluding hydrogens is 254 g/mol. The molecule has 0 aliphatic heterocycles. The van der Waals surface area contributed by atoms with E-state index in [0.717, 1.165) is 5.56 Å². The highest BCUT2D eigenvalue weighted by molar-refractivity contribution is 7.89. The number of aliphatic hydroxyl groups is 1. The number of aryl methyl sites for hydroxylation is 1. The van der Waals surface area contributed by atoms with Gasteiger partial charge < -0.3 is 9.84 Å². The number of aliphatic hydroxyl groups excluding tert-OH is 1. The zero-order valence-corrected chi connectivity index (χ0v) is 11.5. The predicted molar refractivity (Wildman–Crippen MR) is 69.2 cm³/mol. The van der Waals surface area contributed by atoms with E-state index in [4.69, 9.17) is 9.84 Å². The SMILES string of the molecule is CCOc1ccc(S(=O)(=O)NCCCO)cc1C. The minimum atomic E-state index is -3.50. The van der Waals surface area contributed by atoms with E-state index in [1.54, 1.807) is 19.1 Å². The molecule has 0 amide bonds. The summed E-state index contributed by atoms with van der Waals surface area (Å²) in [5.41, 5.74) is 0.780. The summed E-state index contributed by atoms with van der Waals surface area (Å²) < 4.78 is 31.6. The van der Waals surface area contributed by atoms with Crippen LogP contribution in [0.5, 0.6) is 5.75 Å². The maximum Gasteiger partial charge on any atom is 0.240 e. The van der Waals surface area contributed by atoms with Gasteiger partial charge in [0.15, 0.2) is 0 Å². The van der Waals surface area contributed by atoms with Crippen LogP contribution in [0.4, 0.5) is 0 Å². The Kier molecular flexibility index (Phi) is 5.58. The first-order valence-corrected chi connectivity index (χ1v) is 7.33. The van der Waals surface area contributed by atoms with Gasteiger partial charge in [0, 0.05) is 13.2 Å². The Morgan fingerprint density at radius 3 is 2.67 bits per heavy atom. The number of rotatable bonds is 7. The summed E-state index contributed by atoms with van der Waals surface area (Å²) in [4.78, 5) is 0.210. The highest BCUT2D eigenvalue weighted by Gasteiger charge is 2.14. The van der Waals surface area contributed by atoms with Gasteiger partial charge in [-0.1, -0.05) is 0 Å². The summed E-state index contributed by atoms with van der Waals surface area (Å²) >= 11 is 0. The summed E-state index contributed by atoms with van der Waals surface area (Å²) in [7, 11) is -3.50. The predicted octanol–water partition coefficient (Wildman–Crippen LogP) is 1.05. The molecule has 1 rings (SSSR count). The Labute approximate surface area is 108 Å². The third kappa shape index (κ3) is 3.97. The third-order valence-corrected chi connectivity index (χ3v) is 3.84. The first-order chi connectivity index (χ1) is 8.51. The maximum atomic E-state index is 11.9. The van der Waals surface area contributed by atoms with Crippen molar-refractivity contribution in [2.75, 3.05) is 19.8 Å². The zero-order chi connectivity index (χ0) is 13.6. The van der Waals surface area contributed by atoms with Gasteiger partial charge in [-0.15, -0.1) is 0 Å². The number of nitrogens with one attached hydrogen (secondary N) is 1. The number of ether oxygens (including phenoxy) is 1. The average molecular weight is 273 g/mol. The minimum absolute atomic E-state index is 0.0369. The standard InChI is InChI=1S/C12H19NO4S/c1-3-17-12-6-5-11(9-10(12)2)18(15,16)13-7-4-8-14/h5-6,9,13-14H,3-4,7-8H2,1-2H3. The van der Waals surface area contributed by atoms with Crippen molar-refractivity contribution in [3.05, 3.63) is 23.8 Å². The fourth-order valence-corrected chi connectivity index (χ4v) is 2.63. The van der Waals surface area contributed by atoms with Crippen LogP contribution in [-0.2, 0) is 10.0 Å². The monoisotopic (exact) mass is 273 g/mol. The van der Waals surface area contributed by atoms with Crippen LogP contribution in [0.15, 0.2) is 23.1 Å². The van der Waals surface area contributed by atoms with E-state index in [9.17, 15) is 8.42 Å². The lowest BCUT2D eigenvalue weighted by Crippen LogP contribution is -2.25. The van der Waals surface area contributed by atoms with Gasteiger partial charge >= 0.3 is 0 Å². The lowest BCUT2D eigenvalue weighted by molar-refractivity contribution is 0.289. The molecule has 0 heterocycles. The molecule has 0 aromatic heterocycles. The normalized spacial score (nSPS) is 11.5. The number of hydrogen-bond donors (Lipinski definition) is 2. The zero-order valence-electron chi connectivity index (χ0n) is 10.6. The van der Waals surface area contributed by atoms with Gasteiger partial charge in [0.1, 0.15) is 5.75 Å². The summed E-state index contributed by atoms with van der Waals surface area (Å²) in [6.07, 6.45) is 0.398. The Balaban J connectivity index is 2.86. The molecular formula is C12H19NO4S. The Morgan fingerprint density at radius 1 is 1.39 bits per heavy atom. The van der Waals surface area contributed by atoms with Gasteiger partial charge in [0.25, 0.3) is 0 Å². The van der Waals surface area contributed by atoms with Crippen LogP contribution in [0, 0.1) is 6.92 Å². The largest absolute Gasteiger partial charge is 0.494 e. The van der Waals surface area contributed by atoms with Crippen molar-refractivity contribution in [3.8, 4) is 5.75 Å². The quantitative estimate of drug-likeness (QED) is 0.728. The van der Waals surface area contributed by atoms with Gasteiger partial charge in [0.05, 0.1) is 11.5 Å². The summed E-state index contributed by atoms with van der Waals surface area (Å²) in [6.45, 7) is 4.41. The van der Waals surface area contributed by atoms with Crippen molar-refractivity contribution in [2.24, 2.45) is 0 Å². The molecule has 0 radical (unpaired) electrons. The number of benzene rings is 1. The van der Waals surface area contributed by atoms with Gasteiger partial charge in [-0.2, -0.15) is 0 Å². The third-order valence-electron chi connectivity index (χ3n) is 2.38. The highest BCUT2D eigenvalue weighted by atomic mass is 32.2. The molecule has 1 aromatic rings. The molecule has 0 fully saturated rings.